The van der Waals surface area contributed by atoms with Gasteiger partial charge in [0, 0.05) is 15.2 Å². The molecule has 0 amide bonds. The molecule has 6 heteroatoms. The summed E-state index contributed by atoms with van der Waals surface area (Å²) in [4.78, 5) is 0. The third kappa shape index (κ3) is 31.3. The molecule has 0 bridgehead atoms. The van der Waals surface area contributed by atoms with Gasteiger partial charge in [0.25, 0.3) is 0 Å². The Bertz CT molecular complexity index is 1020. The fraction of sp³-hybridized carbons (Fsp3) is 1.00. The summed E-state index contributed by atoms with van der Waals surface area (Å²) < 4.78 is 0.441. The molecule has 0 aromatic carbocycles. The van der Waals surface area contributed by atoms with E-state index in [2.05, 4.69) is 147 Å². The van der Waals surface area contributed by atoms with Gasteiger partial charge in [-0.25, -0.2) is 0 Å². The van der Waals surface area contributed by atoms with E-state index in [0.29, 0.717) is 10.7 Å². The van der Waals surface area contributed by atoms with Crippen molar-refractivity contribution in [2.24, 2.45) is 11.3 Å². The van der Waals surface area contributed by atoms with E-state index in [1.807, 2.05) is 0 Å². The van der Waals surface area contributed by atoms with Gasteiger partial charge in [0.15, 0.2) is 0 Å². The Morgan fingerprint density at radius 2 is 0.846 bits per heavy atom. The van der Waals surface area contributed by atoms with Crippen molar-refractivity contribution in [1.82, 2.24) is 0 Å². The molecule has 1 fully saturated rings. The lowest BCUT2D eigenvalue weighted by Crippen LogP contribution is -2.53. The van der Waals surface area contributed by atoms with Gasteiger partial charge in [-0.3, -0.25) is 0 Å². The molecular formula is C59H118S6. The van der Waals surface area contributed by atoms with Crippen LogP contribution < -0.4 is 0 Å². The van der Waals surface area contributed by atoms with Crippen molar-refractivity contribution in [2.45, 2.75) is 336 Å². The Labute approximate surface area is 438 Å². The average Bonchev–Trinajstić information content (AvgIpc) is 3.27. The molecule has 0 aromatic rings. The van der Waals surface area contributed by atoms with Crippen molar-refractivity contribution in [3.8, 4) is 0 Å². The predicted octanol–water partition coefficient (Wildman–Crippen LogP) is 23.5. The lowest BCUT2D eigenvalue weighted by molar-refractivity contribution is 0.339. The van der Waals surface area contributed by atoms with Crippen LogP contribution in [-0.4, -0.2) is 45.7 Å². The van der Waals surface area contributed by atoms with E-state index in [1.165, 1.54) is 261 Å². The van der Waals surface area contributed by atoms with Gasteiger partial charge in [-0.2, -0.15) is 11.8 Å². The highest BCUT2D eigenvalue weighted by Gasteiger charge is 2.60. The maximum absolute atomic E-state index is 2.70. The molecule has 1 aliphatic rings. The second-order valence-electron chi connectivity index (χ2n) is 22.5. The summed E-state index contributed by atoms with van der Waals surface area (Å²) in [5, 5.41) is 1.54. The first-order valence-corrected chi connectivity index (χ1v) is 35.0. The molecule has 1 saturated carbocycles. The van der Waals surface area contributed by atoms with Crippen molar-refractivity contribution in [3.05, 3.63) is 0 Å². The molecule has 0 radical (unpaired) electrons. The first-order chi connectivity index (χ1) is 31.4. The zero-order valence-corrected chi connectivity index (χ0v) is 51.1. The Morgan fingerprint density at radius 1 is 0.431 bits per heavy atom. The van der Waals surface area contributed by atoms with Crippen LogP contribution in [0.2, 0.25) is 0 Å². The zero-order valence-electron chi connectivity index (χ0n) is 46.2. The standard InChI is InChI=1S/C59H118S6/c1-12-18-23-27-30-32-36-43-50-62-59(63-51-53(17-6)44-22-16-5,65-57(10,11)52-56(7,8)9)58(60-48-41-34-26-21-15-4,61-49-42-35-29-25-20-14-3)55(64-54-45-38-37-39-46-54)47-40-33-31-28-24-19-13-2/h53-55H,12-52H2,1-11H3. The number of hydrogen-bond acceptors (Lipinski definition) is 6. The second kappa shape index (κ2) is 41.6. The van der Waals surface area contributed by atoms with Gasteiger partial charge in [0.05, 0.1) is 0 Å². The predicted molar refractivity (Wildman–Crippen MR) is 320 cm³/mol. The summed E-state index contributed by atoms with van der Waals surface area (Å²) in [7, 11) is 0. The van der Waals surface area contributed by atoms with Crippen LogP contribution >= 0.6 is 70.6 Å². The molecule has 0 saturated heterocycles. The minimum absolute atomic E-state index is 0.0942. The Morgan fingerprint density at radius 3 is 1.28 bits per heavy atom. The number of thioether (sulfide) groups is 6. The molecular weight excluding hydrogens is 901 g/mol. The minimum atomic E-state index is 0.0942. The number of unbranched alkanes of at least 4 members (excludes halogenated alkanes) is 23. The maximum Gasteiger partial charge on any atom is 0.132 e. The monoisotopic (exact) mass is 1020 g/mol. The smallest absolute Gasteiger partial charge is 0.132 e. The summed E-state index contributed by atoms with van der Waals surface area (Å²) >= 11 is 15.4. The SMILES string of the molecule is CCCCCCCCCCSC(SCC(CC)CCCC)(SC(C)(C)CC(C)(C)C)C(SCCCCCCC)(SCCCCCCCC)C(CCCCCCCCC)SC1CCCCC1. The van der Waals surface area contributed by atoms with E-state index < -0.39 is 0 Å². The van der Waals surface area contributed by atoms with Gasteiger partial charge in [-0.15, -0.1) is 58.8 Å². The number of rotatable bonds is 47. The summed E-state index contributed by atoms with van der Waals surface area (Å²) in [6.07, 6.45) is 52.2. The van der Waals surface area contributed by atoms with Gasteiger partial charge in [-0.05, 0) is 85.7 Å². The first-order valence-electron chi connectivity index (χ1n) is 29.3. The summed E-state index contributed by atoms with van der Waals surface area (Å²) in [5.41, 5.74) is 0.303. The average molecular weight is 1020 g/mol. The van der Waals surface area contributed by atoms with Crippen LogP contribution in [0.5, 0.6) is 0 Å². The van der Waals surface area contributed by atoms with Crippen LogP contribution in [0, 0.1) is 11.3 Å². The topological polar surface area (TPSA) is 0 Å². The number of hydrogen-bond donors (Lipinski definition) is 0. The van der Waals surface area contributed by atoms with Crippen molar-refractivity contribution in [2.75, 3.05) is 23.0 Å². The highest BCUT2D eigenvalue weighted by atomic mass is 32.3. The zero-order chi connectivity index (χ0) is 48.0. The molecule has 65 heavy (non-hydrogen) atoms. The van der Waals surface area contributed by atoms with E-state index in [-0.39, 0.29) is 12.2 Å². The van der Waals surface area contributed by atoms with Gasteiger partial charge < -0.3 is 0 Å². The van der Waals surface area contributed by atoms with E-state index in [0.717, 1.165) is 11.2 Å². The molecule has 0 spiro atoms. The fourth-order valence-electron chi connectivity index (χ4n) is 10.3. The third-order valence-corrected chi connectivity index (χ3v) is 26.2. The van der Waals surface area contributed by atoms with Crippen molar-refractivity contribution in [1.29, 1.82) is 0 Å². The largest absolute Gasteiger partial charge is 0.153 e. The normalized spacial score (nSPS) is 17.0. The minimum Gasteiger partial charge on any atom is -0.153 e. The Balaban J connectivity index is 4.14. The highest BCUT2D eigenvalue weighted by Crippen LogP contribution is 2.70. The molecule has 0 nitrogen and oxygen atoms in total. The Hall–Kier alpha value is 2.10. The quantitative estimate of drug-likeness (QED) is 0.0437. The van der Waals surface area contributed by atoms with E-state index in [1.54, 1.807) is 0 Å². The third-order valence-electron chi connectivity index (χ3n) is 13.9. The lowest BCUT2D eigenvalue weighted by atomic mass is 9.86. The molecule has 4 unspecified atom stereocenters. The van der Waals surface area contributed by atoms with Gasteiger partial charge in [0.1, 0.15) is 7.49 Å². The maximum atomic E-state index is 2.70. The lowest BCUT2D eigenvalue weighted by Gasteiger charge is -2.56. The van der Waals surface area contributed by atoms with Crippen LogP contribution in [0.15, 0.2) is 0 Å². The molecule has 1 aliphatic carbocycles. The van der Waals surface area contributed by atoms with Gasteiger partial charge >= 0.3 is 0 Å². The highest BCUT2D eigenvalue weighted by molar-refractivity contribution is 8.37. The van der Waals surface area contributed by atoms with Crippen LogP contribution in [0.25, 0.3) is 0 Å². The van der Waals surface area contributed by atoms with Crippen LogP contribution in [0.4, 0.5) is 0 Å². The fourth-order valence-corrected chi connectivity index (χ4v) is 24.9. The Kier molecular flexibility index (Phi) is 41.6. The van der Waals surface area contributed by atoms with Gasteiger partial charge in [-0.1, -0.05) is 262 Å². The molecule has 0 heterocycles. The van der Waals surface area contributed by atoms with E-state index in [4.69, 9.17) is 0 Å². The van der Waals surface area contributed by atoms with Crippen molar-refractivity contribution < 1.29 is 0 Å². The van der Waals surface area contributed by atoms with E-state index in [9.17, 15) is 0 Å². The van der Waals surface area contributed by atoms with E-state index >= 15 is 0 Å². The van der Waals surface area contributed by atoms with Crippen molar-refractivity contribution in [3.63, 3.8) is 0 Å². The molecule has 0 aromatic heterocycles. The van der Waals surface area contributed by atoms with Crippen LogP contribution in [0.1, 0.15) is 314 Å². The van der Waals surface area contributed by atoms with Gasteiger partial charge in [0.2, 0.25) is 0 Å². The first kappa shape index (κ1) is 65.1. The molecule has 4 atom stereocenters. The van der Waals surface area contributed by atoms with Crippen molar-refractivity contribution >= 4 is 70.6 Å². The van der Waals surface area contributed by atoms with Crippen LogP contribution in [-0.2, 0) is 0 Å². The second-order valence-corrected chi connectivity index (χ2v) is 32.2. The molecule has 390 valence electrons. The molecule has 1 rings (SSSR count). The summed E-state index contributed by atoms with van der Waals surface area (Å²) in [6.45, 7) is 27.4. The summed E-state index contributed by atoms with van der Waals surface area (Å²) in [5.74, 6) is 6.19. The van der Waals surface area contributed by atoms with Crippen LogP contribution in [0.3, 0.4) is 0 Å². The molecule has 0 aliphatic heterocycles. The molecule has 0 N–H and O–H groups in total. The summed E-state index contributed by atoms with van der Waals surface area (Å²) in [6, 6.07) is 0.